The first-order chi connectivity index (χ1) is 7.77. The Hall–Kier alpha value is -0.770. The van der Waals surface area contributed by atoms with Crippen molar-refractivity contribution in [1.82, 2.24) is 0 Å². The lowest BCUT2D eigenvalue weighted by atomic mass is 10.1. The molecule has 0 spiro atoms. The first-order valence-corrected chi connectivity index (χ1v) is 6.00. The number of nitrogens with zero attached hydrogens (tertiary/aromatic N) is 1. The van der Waals surface area contributed by atoms with Gasteiger partial charge < -0.3 is 15.7 Å². The highest BCUT2D eigenvalue weighted by Gasteiger charge is 2.30. The SMILES string of the molecule is NCc1cccc(Cl)c1N(CCO)C1CC1. The molecule has 1 saturated carbocycles. The van der Waals surface area contributed by atoms with Crippen LogP contribution in [0.4, 0.5) is 5.69 Å². The van der Waals surface area contributed by atoms with Gasteiger partial charge >= 0.3 is 0 Å². The zero-order valence-corrected chi connectivity index (χ0v) is 9.95. The number of hydrogen-bond acceptors (Lipinski definition) is 3. The molecule has 0 radical (unpaired) electrons. The second-order valence-electron chi connectivity index (χ2n) is 4.10. The van der Waals surface area contributed by atoms with Gasteiger partial charge in [0, 0.05) is 19.1 Å². The van der Waals surface area contributed by atoms with E-state index in [0.717, 1.165) is 16.3 Å². The average molecular weight is 241 g/mol. The van der Waals surface area contributed by atoms with E-state index in [9.17, 15) is 0 Å². The number of benzene rings is 1. The molecular weight excluding hydrogens is 224 g/mol. The van der Waals surface area contributed by atoms with E-state index in [1.807, 2.05) is 18.2 Å². The fraction of sp³-hybridized carbons (Fsp3) is 0.500. The van der Waals surface area contributed by atoms with Crippen LogP contribution in [0.1, 0.15) is 18.4 Å². The zero-order valence-electron chi connectivity index (χ0n) is 9.19. The molecule has 0 unspecified atom stereocenters. The van der Waals surface area contributed by atoms with Crippen LogP contribution in [0.3, 0.4) is 0 Å². The standard InChI is InChI=1S/C12H17ClN2O/c13-11-3-1-2-9(8-14)12(11)15(6-7-16)10-4-5-10/h1-3,10,16H,4-8,14H2. The smallest absolute Gasteiger partial charge is 0.0643 e. The van der Waals surface area contributed by atoms with E-state index in [2.05, 4.69) is 4.90 Å². The highest BCUT2D eigenvalue weighted by Crippen LogP contribution is 2.37. The Bertz CT molecular complexity index is 366. The largest absolute Gasteiger partial charge is 0.395 e. The lowest BCUT2D eigenvalue weighted by Crippen LogP contribution is -2.30. The highest BCUT2D eigenvalue weighted by molar-refractivity contribution is 6.33. The fourth-order valence-electron chi connectivity index (χ4n) is 2.02. The normalized spacial score (nSPS) is 15.2. The van der Waals surface area contributed by atoms with Gasteiger partial charge in [0.2, 0.25) is 0 Å². The molecule has 0 aliphatic heterocycles. The van der Waals surface area contributed by atoms with Crippen molar-refractivity contribution in [2.75, 3.05) is 18.1 Å². The summed E-state index contributed by atoms with van der Waals surface area (Å²) in [5.74, 6) is 0. The molecule has 1 aromatic rings. The van der Waals surface area contributed by atoms with E-state index in [1.54, 1.807) is 0 Å². The summed E-state index contributed by atoms with van der Waals surface area (Å²) in [6.07, 6.45) is 2.35. The molecule has 4 heteroatoms. The molecule has 1 aliphatic carbocycles. The molecule has 0 aromatic heterocycles. The maximum atomic E-state index is 9.11. The summed E-state index contributed by atoms with van der Waals surface area (Å²) in [6, 6.07) is 6.31. The van der Waals surface area contributed by atoms with Crippen LogP contribution in [0.2, 0.25) is 5.02 Å². The van der Waals surface area contributed by atoms with Gasteiger partial charge in [-0.3, -0.25) is 0 Å². The Morgan fingerprint density at radius 3 is 2.75 bits per heavy atom. The number of nitrogens with two attached hydrogens (primary N) is 1. The van der Waals surface area contributed by atoms with E-state index < -0.39 is 0 Å². The quantitative estimate of drug-likeness (QED) is 0.825. The summed E-state index contributed by atoms with van der Waals surface area (Å²) in [5.41, 5.74) is 7.78. The number of hydrogen-bond donors (Lipinski definition) is 2. The molecule has 0 amide bonds. The van der Waals surface area contributed by atoms with E-state index >= 15 is 0 Å². The van der Waals surface area contributed by atoms with Crippen LogP contribution in [0.5, 0.6) is 0 Å². The number of aliphatic hydroxyl groups excluding tert-OH is 1. The van der Waals surface area contributed by atoms with Gasteiger partial charge in [-0.15, -0.1) is 0 Å². The number of halogens is 1. The van der Waals surface area contributed by atoms with Gasteiger partial charge in [-0.05, 0) is 24.5 Å². The van der Waals surface area contributed by atoms with Crippen LogP contribution in [0, 0.1) is 0 Å². The Morgan fingerprint density at radius 2 is 2.19 bits per heavy atom. The molecule has 1 aliphatic rings. The van der Waals surface area contributed by atoms with Crippen molar-refractivity contribution < 1.29 is 5.11 Å². The molecule has 0 bridgehead atoms. The second kappa shape index (κ2) is 5.04. The monoisotopic (exact) mass is 240 g/mol. The van der Waals surface area contributed by atoms with Crippen LogP contribution in [0.15, 0.2) is 18.2 Å². The number of aliphatic hydroxyl groups is 1. The van der Waals surface area contributed by atoms with Gasteiger partial charge in [-0.1, -0.05) is 23.7 Å². The third-order valence-corrected chi connectivity index (χ3v) is 3.21. The molecule has 3 nitrogen and oxygen atoms in total. The Labute approximate surface area is 101 Å². The van der Waals surface area contributed by atoms with Crippen LogP contribution < -0.4 is 10.6 Å². The Balaban J connectivity index is 2.34. The number of para-hydroxylation sites is 1. The van der Waals surface area contributed by atoms with Gasteiger partial charge in [0.15, 0.2) is 0 Å². The molecule has 2 rings (SSSR count). The topological polar surface area (TPSA) is 49.5 Å². The first-order valence-electron chi connectivity index (χ1n) is 5.63. The summed E-state index contributed by atoms with van der Waals surface area (Å²) >= 11 is 6.23. The van der Waals surface area contributed by atoms with Crippen LogP contribution in [-0.2, 0) is 6.54 Å². The molecule has 88 valence electrons. The number of rotatable bonds is 5. The molecule has 1 aromatic carbocycles. The molecular formula is C12H17ClN2O. The minimum atomic E-state index is 0.145. The maximum Gasteiger partial charge on any atom is 0.0643 e. The van der Waals surface area contributed by atoms with Crippen molar-refractivity contribution in [1.29, 1.82) is 0 Å². The van der Waals surface area contributed by atoms with Gasteiger partial charge in [0.1, 0.15) is 0 Å². The third-order valence-electron chi connectivity index (χ3n) is 2.91. The zero-order chi connectivity index (χ0) is 11.5. The minimum Gasteiger partial charge on any atom is -0.395 e. The van der Waals surface area contributed by atoms with Gasteiger partial charge in [-0.2, -0.15) is 0 Å². The van der Waals surface area contributed by atoms with Crippen LogP contribution in [-0.4, -0.2) is 24.3 Å². The van der Waals surface area contributed by atoms with Crippen LogP contribution in [0.25, 0.3) is 0 Å². The molecule has 16 heavy (non-hydrogen) atoms. The lowest BCUT2D eigenvalue weighted by Gasteiger charge is -2.27. The average Bonchev–Trinajstić information content (AvgIpc) is 3.10. The molecule has 0 saturated heterocycles. The molecule has 3 N–H and O–H groups in total. The van der Waals surface area contributed by atoms with Crippen molar-refractivity contribution >= 4 is 17.3 Å². The fourth-order valence-corrected chi connectivity index (χ4v) is 2.32. The van der Waals surface area contributed by atoms with Gasteiger partial charge in [0.05, 0.1) is 17.3 Å². The summed E-state index contributed by atoms with van der Waals surface area (Å²) in [4.78, 5) is 2.19. The van der Waals surface area contributed by atoms with Crippen molar-refractivity contribution in [3.8, 4) is 0 Å². The summed E-state index contributed by atoms with van der Waals surface area (Å²) in [6.45, 7) is 1.25. The number of anilines is 1. The van der Waals surface area contributed by atoms with Crippen LogP contribution >= 0.6 is 11.6 Å². The minimum absolute atomic E-state index is 0.145. The van der Waals surface area contributed by atoms with E-state index in [4.69, 9.17) is 22.4 Å². The van der Waals surface area contributed by atoms with Crippen molar-refractivity contribution in [3.05, 3.63) is 28.8 Å². The van der Waals surface area contributed by atoms with Gasteiger partial charge in [-0.25, -0.2) is 0 Å². The Kier molecular flexibility index (Phi) is 3.69. The molecule has 0 heterocycles. The van der Waals surface area contributed by atoms with Gasteiger partial charge in [0.25, 0.3) is 0 Å². The van der Waals surface area contributed by atoms with E-state index in [1.165, 1.54) is 12.8 Å². The second-order valence-corrected chi connectivity index (χ2v) is 4.51. The first kappa shape index (κ1) is 11.7. The lowest BCUT2D eigenvalue weighted by molar-refractivity contribution is 0.301. The predicted octanol–water partition coefficient (Wildman–Crippen LogP) is 1.76. The predicted molar refractivity (Wildman–Crippen MR) is 66.8 cm³/mol. The summed E-state index contributed by atoms with van der Waals surface area (Å²) < 4.78 is 0. The van der Waals surface area contributed by atoms with Crippen molar-refractivity contribution in [2.24, 2.45) is 5.73 Å². The highest BCUT2D eigenvalue weighted by atomic mass is 35.5. The Morgan fingerprint density at radius 1 is 1.44 bits per heavy atom. The molecule has 1 fully saturated rings. The third kappa shape index (κ3) is 2.32. The van der Waals surface area contributed by atoms with E-state index in [-0.39, 0.29) is 6.61 Å². The van der Waals surface area contributed by atoms with E-state index in [0.29, 0.717) is 19.1 Å². The summed E-state index contributed by atoms with van der Waals surface area (Å²) in [7, 11) is 0. The molecule has 0 atom stereocenters. The maximum absolute atomic E-state index is 9.11. The summed E-state index contributed by atoms with van der Waals surface area (Å²) in [5, 5.41) is 9.84. The van der Waals surface area contributed by atoms with Crippen molar-refractivity contribution in [3.63, 3.8) is 0 Å². The van der Waals surface area contributed by atoms with Crippen molar-refractivity contribution in [2.45, 2.75) is 25.4 Å².